The number of aromatic nitrogens is 2. The van der Waals surface area contributed by atoms with Crippen LogP contribution in [-0.2, 0) is 11.2 Å². The summed E-state index contributed by atoms with van der Waals surface area (Å²) in [5.74, 6) is 3.20. The molecule has 2 heterocycles. The van der Waals surface area contributed by atoms with Gasteiger partial charge in [-0.1, -0.05) is 5.16 Å². The molecule has 3 fully saturated rings. The lowest BCUT2D eigenvalue weighted by Gasteiger charge is -2.24. The van der Waals surface area contributed by atoms with Crippen molar-refractivity contribution in [3.63, 3.8) is 0 Å². The van der Waals surface area contributed by atoms with Crippen LogP contribution in [0.4, 0.5) is 0 Å². The quantitative estimate of drug-likeness (QED) is 0.808. The molecule has 1 unspecified atom stereocenters. The Bertz CT molecular complexity index is 519. The highest BCUT2D eigenvalue weighted by atomic mass is 16.5. The molecule has 1 amide bonds. The van der Waals surface area contributed by atoms with Gasteiger partial charge in [-0.15, -0.1) is 0 Å². The third kappa shape index (κ3) is 3.11. The van der Waals surface area contributed by atoms with E-state index in [4.69, 9.17) is 4.52 Å². The van der Waals surface area contributed by atoms with Crippen LogP contribution in [0, 0.1) is 5.92 Å². The Labute approximate surface area is 125 Å². The number of carbonyl (C=O) groups excluding carboxylic acids is 1. The van der Waals surface area contributed by atoms with E-state index in [9.17, 15) is 4.79 Å². The number of carbonyl (C=O) groups is 1. The van der Waals surface area contributed by atoms with E-state index in [0.717, 1.165) is 50.4 Å². The molecule has 5 heteroatoms. The fraction of sp³-hybridized carbons (Fsp3) is 0.812. The fourth-order valence-corrected chi connectivity index (χ4v) is 3.31. The molecule has 0 bridgehead atoms. The van der Waals surface area contributed by atoms with Crippen molar-refractivity contribution >= 4 is 5.91 Å². The molecule has 114 valence electrons. The smallest absolute Gasteiger partial charge is 0.229 e. The Morgan fingerprint density at radius 1 is 1.24 bits per heavy atom. The van der Waals surface area contributed by atoms with Crippen LogP contribution < -0.4 is 0 Å². The number of rotatable bonds is 6. The first-order chi connectivity index (χ1) is 10.3. The van der Waals surface area contributed by atoms with Gasteiger partial charge in [0, 0.05) is 31.3 Å². The first-order valence-corrected chi connectivity index (χ1v) is 8.41. The van der Waals surface area contributed by atoms with Gasteiger partial charge in [-0.3, -0.25) is 4.79 Å². The van der Waals surface area contributed by atoms with Crippen LogP contribution in [0.15, 0.2) is 4.52 Å². The first-order valence-electron chi connectivity index (χ1n) is 8.41. The molecule has 5 nitrogen and oxygen atoms in total. The Morgan fingerprint density at radius 2 is 2.10 bits per heavy atom. The van der Waals surface area contributed by atoms with Crippen LogP contribution in [0.2, 0.25) is 0 Å². The van der Waals surface area contributed by atoms with Crippen LogP contribution in [0.5, 0.6) is 0 Å². The standard InChI is InChI=1S/C16H23N3O2/c20-15(10-11-3-4-11)19-9-1-2-13(19)7-8-14-17-16(21-18-14)12-5-6-12/h11-13H,1-10H2. The summed E-state index contributed by atoms with van der Waals surface area (Å²) in [4.78, 5) is 18.9. The van der Waals surface area contributed by atoms with Crippen LogP contribution in [-0.4, -0.2) is 33.5 Å². The predicted molar refractivity (Wildman–Crippen MR) is 76.7 cm³/mol. The molecular formula is C16H23N3O2. The second kappa shape index (κ2) is 5.43. The van der Waals surface area contributed by atoms with Gasteiger partial charge >= 0.3 is 0 Å². The molecule has 0 radical (unpaired) electrons. The Kier molecular flexibility index (Phi) is 3.43. The number of nitrogens with zero attached hydrogens (tertiary/aromatic N) is 3. The van der Waals surface area contributed by atoms with Crippen molar-refractivity contribution < 1.29 is 9.32 Å². The van der Waals surface area contributed by atoms with Crippen molar-refractivity contribution in [3.8, 4) is 0 Å². The van der Waals surface area contributed by atoms with Crippen LogP contribution in [0.25, 0.3) is 0 Å². The zero-order chi connectivity index (χ0) is 14.2. The van der Waals surface area contributed by atoms with Crippen molar-refractivity contribution in [3.05, 3.63) is 11.7 Å². The van der Waals surface area contributed by atoms with Crippen LogP contribution >= 0.6 is 0 Å². The summed E-state index contributed by atoms with van der Waals surface area (Å²) >= 11 is 0. The number of amides is 1. The summed E-state index contributed by atoms with van der Waals surface area (Å²) in [5, 5.41) is 4.08. The van der Waals surface area contributed by atoms with Gasteiger partial charge in [0.25, 0.3) is 0 Å². The first kappa shape index (κ1) is 13.3. The Hall–Kier alpha value is -1.39. The minimum atomic E-state index is 0.367. The highest BCUT2D eigenvalue weighted by Crippen LogP contribution is 2.39. The summed E-state index contributed by atoms with van der Waals surface area (Å²) < 4.78 is 5.30. The number of hydrogen-bond donors (Lipinski definition) is 0. The monoisotopic (exact) mass is 289 g/mol. The fourth-order valence-electron chi connectivity index (χ4n) is 3.31. The second-order valence-corrected chi connectivity index (χ2v) is 6.89. The predicted octanol–water partition coefficient (Wildman–Crippen LogP) is 2.67. The Morgan fingerprint density at radius 3 is 2.86 bits per heavy atom. The maximum Gasteiger partial charge on any atom is 0.229 e. The molecule has 1 aromatic rings. The van der Waals surface area contributed by atoms with E-state index in [2.05, 4.69) is 15.0 Å². The van der Waals surface area contributed by atoms with E-state index in [-0.39, 0.29) is 0 Å². The highest BCUT2D eigenvalue weighted by Gasteiger charge is 2.33. The number of aryl methyl sites for hydroxylation is 1. The van der Waals surface area contributed by atoms with Crippen molar-refractivity contribution in [2.24, 2.45) is 5.92 Å². The third-order valence-electron chi connectivity index (χ3n) is 4.97. The summed E-state index contributed by atoms with van der Waals surface area (Å²) in [6.45, 7) is 0.940. The van der Waals surface area contributed by atoms with E-state index in [0.29, 0.717) is 23.8 Å². The van der Waals surface area contributed by atoms with Crippen LogP contribution in [0.3, 0.4) is 0 Å². The minimum Gasteiger partial charge on any atom is -0.340 e. The van der Waals surface area contributed by atoms with Gasteiger partial charge in [-0.25, -0.2) is 0 Å². The molecular weight excluding hydrogens is 266 g/mol. The molecule has 3 aliphatic rings. The molecule has 0 aromatic carbocycles. The van der Waals surface area contributed by atoms with Crippen molar-refractivity contribution in [1.29, 1.82) is 0 Å². The topological polar surface area (TPSA) is 59.2 Å². The van der Waals surface area contributed by atoms with Crippen molar-refractivity contribution in [2.45, 2.75) is 69.7 Å². The minimum absolute atomic E-state index is 0.367. The van der Waals surface area contributed by atoms with Crippen molar-refractivity contribution in [2.75, 3.05) is 6.54 Å². The summed E-state index contributed by atoms with van der Waals surface area (Å²) in [6, 6.07) is 0.388. The molecule has 1 saturated heterocycles. The number of likely N-dealkylation sites (tertiary alicyclic amines) is 1. The average Bonchev–Trinajstić information content (AvgIpc) is 3.39. The summed E-state index contributed by atoms with van der Waals surface area (Å²) in [7, 11) is 0. The molecule has 1 aromatic heterocycles. The molecule has 0 spiro atoms. The van der Waals surface area contributed by atoms with E-state index in [1.165, 1.54) is 25.7 Å². The average molecular weight is 289 g/mol. The zero-order valence-corrected chi connectivity index (χ0v) is 12.5. The maximum atomic E-state index is 12.3. The third-order valence-corrected chi connectivity index (χ3v) is 4.97. The molecule has 21 heavy (non-hydrogen) atoms. The molecule has 1 atom stereocenters. The lowest BCUT2D eigenvalue weighted by Crippen LogP contribution is -2.36. The molecule has 4 rings (SSSR count). The molecule has 0 N–H and O–H groups in total. The second-order valence-electron chi connectivity index (χ2n) is 6.89. The van der Waals surface area contributed by atoms with Gasteiger partial charge in [0.05, 0.1) is 0 Å². The van der Waals surface area contributed by atoms with Gasteiger partial charge in [0.1, 0.15) is 0 Å². The highest BCUT2D eigenvalue weighted by molar-refractivity contribution is 5.77. The molecule has 2 saturated carbocycles. The largest absolute Gasteiger partial charge is 0.340 e. The Balaban J connectivity index is 1.30. The molecule has 2 aliphatic carbocycles. The van der Waals surface area contributed by atoms with Gasteiger partial charge in [0.15, 0.2) is 5.82 Å². The van der Waals surface area contributed by atoms with E-state index in [1.54, 1.807) is 0 Å². The SMILES string of the molecule is O=C(CC1CC1)N1CCCC1CCc1noc(C2CC2)n1. The normalized spacial score (nSPS) is 25.5. The van der Waals surface area contributed by atoms with E-state index in [1.807, 2.05) is 0 Å². The summed E-state index contributed by atoms with van der Waals surface area (Å²) in [5.41, 5.74) is 0. The lowest BCUT2D eigenvalue weighted by atomic mass is 10.1. The van der Waals surface area contributed by atoms with E-state index < -0.39 is 0 Å². The van der Waals surface area contributed by atoms with Crippen molar-refractivity contribution in [1.82, 2.24) is 15.0 Å². The van der Waals surface area contributed by atoms with Gasteiger partial charge in [-0.05, 0) is 50.9 Å². The maximum absolute atomic E-state index is 12.3. The lowest BCUT2D eigenvalue weighted by molar-refractivity contribution is -0.132. The summed E-state index contributed by atoms with van der Waals surface area (Å²) in [6.07, 6.45) is 9.71. The molecule has 1 aliphatic heterocycles. The van der Waals surface area contributed by atoms with Gasteiger partial charge in [0.2, 0.25) is 11.8 Å². The van der Waals surface area contributed by atoms with Crippen LogP contribution in [0.1, 0.15) is 69.0 Å². The van der Waals surface area contributed by atoms with E-state index >= 15 is 0 Å². The van der Waals surface area contributed by atoms with Gasteiger partial charge in [-0.2, -0.15) is 4.98 Å². The van der Waals surface area contributed by atoms with Gasteiger partial charge < -0.3 is 9.42 Å². The zero-order valence-electron chi connectivity index (χ0n) is 12.5. The number of hydrogen-bond acceptors (Lipinski definition) is 4.